The van der Waals surface area contributed by atoms with Gasteiger partial charge in [-0.1, -0.05) is 31.2 Å². The van der Waals surface area contributed by atoms with E-state index in [9.17, 15) is 4.79 Å². The van der Waals surface area contributed by atoms with Gasteiger partial charge < -0.3 is 10.2 Å². The summed E-state index contributed by atoms with van der Waals surface area (Å²) in [6, 6.07) is 10.9. The van der Waals surface area contributed by atoms with Crippen LogP contribution in [-0.4, -0.2) is 33.8 Å². The summed E-state index contributed by atoms with van der Waals surface area (Å²) in [6.45, 7) is 6.28. The van der Waals surface area contributed by atoms with Gasteiger partial charge in [-0.25, -0.2) is 4.79 Å². The molecule has 0 saturated carbocycles. The van der Waals surface area contributed by atoms with Crippen molar-refractivity contribution in [1.29, 1.82) is 0 Å². The molecule has 1 aromatic heterocycles. The molecule has 1 aromatic carbocycles. The molecule has 0 aliphatic carbocycles. The Hall–Kier alpha value is -2.30. The summed E-state index contributed by atoms with van der Waals surface area (Å²) in [5, 5.41) is 7.36. The van der Waals surface area contributed by atoms with E-state index in [1.807, 2.05) is 29.6 Å². The fourth-order valence-electron chi connectivity index (χ4n) is 3.57. The van der Waals surface area contributed by atoms with Crippen molar-refractivity contribution >= 4 is 6.03 Å². The molecule has 0 bridgehead atoms. The van der Waals surface area contributed by atoms with E-state index >= 15 is 0 Å². The monoisotopic (exact) mass is 340 g/mol. The van der Waals surface area contributed by atoms with E-state index in [1.54, 1.807) is 0 Å². The van der Waals surface area contributed by atoms with E-state index in [0.29, 0.717) is 12.5 Å². The van der Waals surface area contributed by atoms with Crippen LogP contribution in [0, 0.1) is 6.92 Å². The first kappa shape index (κ1) is 17.5. The van der Waals surface area contributed by atoms with Gasteiger partial charge in [-0.15, -0.1) is 0 Å². The first-order chi connectivity index (χ1) is 12.1. The number of carbonyl (C=O) groups is 1. The molecular formula is C20H28N4O. The van der Waals surface area contributed by atoms with Gasteiger partial charge in [-0.2, -0.15) is 5.10 Å². The quantitative estimate of drug-likeness (QED) is 0.927. The molecule has 2 heterocycles. The number of urea groups is 1. The molecule has 1 aliphatic heterocycles. The van der Waals surface area contributed by atoms with Crippen molar-refractivity contribution in [3.05, 3.63) is 52.8 Å². The zero-order valence-corrected chi connectivity index (χ0v) is 15.5. The van der Waals surface area contributed by atoms with E-state index in [4.69, 9.17) is 0 Å². The van der Waals surface area contributed by atoms with Gasteiger partial charge in [-0.3, -0.25) is 4.68 Å². The number of rotatable bonds is 4. The average Bonchev–Trinajstić information content (AvgIpc) is 2.97. The second kappa shape index (κ2) is 7.72. The summed E-state index contributed by atoms with van der Waals surface area (Å²) in [5.74, 6) is 0.435. The maximum Gasteiger partial charge on any atom is 0.317 e. The number of benzene rings is 1. The van der Waals surface area contributed by atoms with Gasteiger partial charge in [0.25, 0.3) is 0 Å². The summed E-state index contributed by atoms with van der Waals surface area (Å²) in [6.07, 6.45) is 3.27. The number of carbonyl (C=O) groups excluding carboxylic acids is 1. The third kappa shape index (κ3) is 4.21. The zero-order chi connectivity index (χ0) is 17.8. The highest BCUT2D eigenvalue weighted by Gasteiger charge is 2.24. The second-order valence-electron chi connectivity index (χ2n) is 6.94. The number of hydrogen-bond donors (Lipinski definition) is 1. The Bertz CT molecular complexity index is 720. The lowest BCUT2D eigenvalue weighted by atomic mass is 9.90. The van der Waals surface area contributed by atoms with Crippen LogP contribution in [0.1, 0.15) is 48.2 Å². The van der Waals surface area contributed by atoms with Crippen molar-refractivity contribution in [2.24, 2.45) is 7.05 Å². The number of amides is 2. The summed E-state index contributed by atoms with van der Waals surface area (Å²) in [5.41, 5.74) is 4.70. The van der Waals surface area contributed by atoms with Gasteiger partial charge in [0.2, 0.25) is 0 Å². The van der Waals surface area contributed by atoms with Gasteiger partial charge in [0.05, 0.1) is 17.9 Å². The summed E-state index contributed by atoms with van der Waals surface area (Å²) in [7, 11) is 1.91. The Labute approximate surface area is 150 Å². The normalized spacial score (nSPS) is 17.6. The highest BCUT2D eigenvalue weighted by atomic mass is 16.2. The number of aryl methyl sites for hydroxylation is 3. The molecule has 0 spiro atoms. The Kier molecular flexibility index (Phi) is 5.41. The third-order valence-electron chi connectivity index (χ3n) is 5.09. The minimum Gasteiger partial charge on any atom is -0.332 e. The Morgan fingerprint density at radius 1 is 1.32 bits per heavy atom. The van der Waals surface area contributed by atoms with Crippen LogP contribution in [0.3, 0.4) is 0 Å². The molecule has 2 amide bonds. The molecule has 5 heteroatoms. The number of nitrogens with one attached hydrogen (secondary N) is 1. The Balaban J connectivity index is 1.58. The van der Waals surface area contributed by atoms with Crippen molar-refractivity contribution < 1.29 is 4.79 Å². The van der Waals surface area contributed by atoms with E-state index in [-0.39, 0.29) is 6.03 Å². The number of piperidine rings is 1. The second-order valence-corrected chi connectivity index (χ2v) is 6.94. The molecule has 25 heavy (non-hydrogen) atoms. The minimum atomic E-state index is 0.0220. The van der Waals surface area contributed by atoms with Crippen LogP contribution in [-0.2, 0) is 20.0 Å². The lowest BCUT2D eigenvalue weighted by molar-refractivity contribution is 0.179. The van der Waals surface area contributed by atoms with E-state index in [1.165, 1.54) is 11.1 Å². The molecule has 5 nitrogen and oxygen atoms in total. The van der Waals surface area contributed by atoms with E-state index in [0.717, 1.165) is 43.7 Å². The van der Waals surface area contributed by atoms with Gasteiger partial charge in [0.15, 0.2) is 0 Å². The molecular weight excluding hydrogens is 312 g/mol. The zero-order valence-electron chi connectivity index (χ0n) is 15.5. The van der Waals surface area contributed by atoms with Crippen molar-refractivity contribution in [3.8, 4) is 0 Å². The number of nitrogens with zero attached hydrogens (tertiary/aromatic N) is 3. The molecule has 134 valence electrons. The van der Waals surface area contributed by atoms with Crippen LogP contribution in [0.25, 0.3) is 0 Å². The van der Waals surface area contributed by atoms with E-state index < -0.39 is 0 Å². The molecule has 1 unspecified atom stereocenters. The molecule has 1 aliphatic rings. The minimum absolute atomic E-state index is 0.0220. The van der Waals surface area contributed by atoms with Crippen molar-refractivity contribution in [2.75, 3.05) is 13.1 Å². The van der Waals surface area contributed by atoms with Gasteiger partial charge in [0.1, 0.15) is 0 Å². The van der Waals surface area contributed by atoms with Gasteiger partial charge >= 0.3 is 6.03 Å². The van der Waals surface area contributed by atoms with E-state index in [2.05, 4.69) is 41.6 Å². The molecule has 3 rings (SSSR count). The van der Waals surface area contributed by atoms with Crippen molar-refractivity contribution in [1.82, 2.24) is 20.0 Å². The standard InChI is InChI=1S/C20H28N4O/c1-4-16-7-9-17(10-8-16)18-6-5-11-24(14-18)20(25)21-13-19-12-15(2)22-23(19)3/h7-10,12,18H,4-6,11,13-14H2,1-3H3,(H,21,25). The van der Waals surface area contributed by atoms with Crippen molar-refractivity contribution in [3.63, 3.8) is 0 Å². The maximum absolute atomic E-state index is 12.6. The van der Waals surface area contributed by atoms with Crippen LogP contribution in [0.2, 0.25) is 0 Å². The molecule has 1 atom stereocenters. The Morgan fingerprint density at radius 3 is 2.72 bits per heavy atom. The topological polar surface area (TPSA) is 50.2 Å². The van der Waals surface area contributed by atoms with Crippen LogP contribution in [0.4, 0.5) is 4.79 Å². The summed E-state index contributed by atoms with van der Waals surface area (Å²) < 4.78 is 1.82. The third-order valence-corrected chi connectivity index (χ3v) is 5.09. The van der Waals surface area contributed by atoms with Crippen molar-refractivity contribution in [2.45, 2.75) is 45.6 Å². The Morgan fingerprint density at radius 2 is 2.08 bits per heavy atom. The number of aromatic nitrogens is 2. The summed E-state index contributed by atoms with van der Waals surface area (Å²) >= 11 is 0. The number of hydrogen-bond acceptors (Lipinski definition) is 2. The van der Waals surface area contributed by atoms with Gasteiger partial charge in [-0.05, 0) is 43.4 Å². The predicted octanol–water partition coefficient (Wildman–Crippen LogP) is 3.38. The van der Waals surface area contributed by atoms with Crippen LogP contribution in [0.15, 0.2) is 30.3 Å². The maximum atomic E-state index is 12.6. The SMILES string of the molecule is CCc1ccc(C2CCCN(C(=O)NCc3cc(C)nn3C)C2)cc1. The molecule has 1 N–H and O–H groups in total. The smallest absolute Gasteiger partial charge is 0.317 e. The fourth-order valence-corrected chi connectivity index (χ4v) is 3.57. The largest absolute Gasteiger partial charge is 0.332 e. The number of likely N-dealkylation sites (tertiary alicyclic amines) is 1. The van der Waals surface area contributed by atoms with Crippen LogP contribution >= 0.6 is 0 Å². The molecule has 2 aromatic rings. The fraction of sp³-hybridized carbons (Fsp3) is 0.500. The van der Waals surface area contributed by atoms with Gasteiger partial charge in [0, 0.05) is 26.1 Å². The summed E-state index contributed by atoms with van der Waals surface area (Å²) in [4.78, 5) is 14.5. The van der Waals surface area contributed by atoms with Crippen LogP contribution < -0.4 is 5.32 Å². The first-order valence-electron chi connectivity index (χ1n) is 9.18. The molecule has 0 radical (unpaired) electrons. The lowest BCUT2D eigenvalue weighted by Gasteiger charge is -2.33. The first-order valence-corrected chi connectivity index (χ1v) is 9.18. The predicted molar refractivity (Wildman–Crippen MR) is 99.5 cm³/mol. The van der Waals surface area contributed by atoms with Crippen LogP contribution in [0.5, 0.6) is 0 Å². The molecule has 1 saturated heterocycles. The average molecular weight is 340 g/mol. The lowest BCUT2D eigenvalue weighted by Crippen LogP contribution is -2.44. The highest BCUT2D eigenvalue weighted by Crippen LogP contribution is 2.27. The molecule has 1 fully saturated rings. The highest BCUT2D eigenvalue weighted by molar-refractivity contribution is 5.74.